The van der Waals surface area contributed by atoms with Crippen LogP contribution in [0.1, 0.15) is 84.5 Å². The highest BCUT2D eigenvalue weighted by Crippen LogP contribution is 2.43. The summed E-state index contributed by atoms with van der Waals surface area (Å²) in [5.41, 5.74) is 0. The number of rotatable bonds is 21. The fourth-order valence-electron chi connectivity index (χ4n) is 3.08. The molecule has 0 heterocycles. The summed E-state index contributed by atoms with van der Waals surface area (Å²) < 4.78 is 22.9. The lowest BCUT2D eigenvalue weighted by atomic mass is 10.1. The number of phosphoric acid groups is 1. The lowest BCUT2D eigenvalue weighted by molar-refractivity contribution is -0.870. The van der Waals surface area contributed by atoms with E-state index in [2.05, 4.69) is 19.2 Å². The van der Waals surface area contributed by atoms with Crippen LogP contribution in [0.15, 0.2) is 12.2 Å². The smallest absolute Gasteiger partial charge is 0.387 e. The number of hydrogen-bond donors (Lipinski definition) is 3. The van der Waals surface area contributed by atoms with E-state index < -0.39 is 20.0 Å². The molecule has 0 saturated heterocycles. The summed E-state index contributed by atoms with van der Waals surface area (Å²) in [7, 11) is 1.56. The first-order valence-corrected chi connectivity index (χ1v) is 14.1. The van der Waals surface area contributed by atoms with Crippen molar-refractivity contribution >= 4 is 13.7 Å². The van der Waals surface area contributed by atoms with Crippen LogP contribution in [0, 0.1) is 0 Å². The maximum atomic E-state index is 12.4. The van der Waals surface area contributed by atoms with Gasteiger partial charge in [-0.15, -0.1) is 0 Å². The summed E-state index contributed by atoms with van der Waals surface area (Å²) in [6, 6.07) is -0.831. The van der Waals surface area contributed by atoms with Gasteiger partial charge in [0, 0.05) is 6.42 Å². The third-order valence-electron chi connectivity index (χ3n) is 5.26. The van der Waals surface area contributed by atoms with Crippen LogP contribution in [0.2, 0.25) is 0 Å². The van der Waals surface area contributed by atoms with E-state index in [0.717, 1.165) is 38.5 Å². The molecule has 3 unspecified atom stereocenters. The molecule has 0 aromatic rings. The van der Waals surface area contributed by atoms with Crippen LogP contribution in [-0.2, 0) is 18.4 Å². The predicted molar refractivity (Wildman–Crippen MR) is 134 cm³/mol. The predicted octanol–water partition coefficient (Wildman–Crippen LogP) is 4.56. The Morgan fingerprint density at radius 1 is 1.00 bits per heavy atom. The Morgan fingerprint density at radius 2 is 1.61 bits per heavy atom. The van der Waals surface area contributed by atoms with Crippen LogP contribution < -0.4 is 5.32 Å². The Bertz CT molecular complexity index is 580. The van der Waals surface area contributed by atoms with Gasteiger partial charge in [-0.3, -0.25) is 13.8 Å². The average Bonchev–Trinajstić information content (AvgIpc) is 2.72. The summed E-state index contributed by atoms with van der Waals surface area (Å²) in [6.45, 7) is 4.55. The van der Waals surface area contributed by atoms with Gasteiger partial charge in [0.05, 0.1) is 39.9 Å². The molecule has 0 aromatic heterocycles. The molecule has 8 nitrogen and oxygen atoms in total. The molecule has 0 aliphatic rings. The second-order valence-electron chi connectivity index (χ2n) is 9.72. The van der Waals surface area contributed by atoms with E-state index in [-0.39, 0.29) is 19.1 Å². The zero-order valence-electron chi connectivity index (χ0n) is 21.6. The average molecular weight is 494 g/mol. The molecule has 33 heavy (non-hydrogen) atoms. The van der Waals surface area contributed by atoms with E-state index in [1.165, 1.54) is 25.7 Å². The number of allylic oxidation sites excluding steroid dienone is 1. The number of unbranched alkanes of at least 4 members (excludes halogenated alkanes) is 8. The molecule has 0 bridgehead atoms. The van der Waals surface area contributed by atoms with Crippen molar-refractivity contribution < 1.29 is 32.9 Å². The Balaban J connectivity index is 4.69. The molecule has 3 atom stereocenters. The van der Waals surface area contributed by atoms with Gasteiger partial charge >= 0.3 is 7.82 Å². The van der Waals surface area contributed by atoms with E-state index >= 15 is 0 Å². The number of amides is 1. The summed E-state index contributed by atoms with van der Waals surface area (Å²) in [4.78, 5) is 22.4. The van der Waals surface area contributed by atoms with Crippen molar-refractivity contribution in [1.29, 1.82) is 0 Å². The number of likely N-dealkylation sites (N-methyl/N-ethyl adjacent to an activating group) is 1. The van der Waals surface area contributed by atoms with Crippen molar-refractivity contribution in [2.24, 2.45) is 0 Å². The summed E-state index contributed by atoms with van der Waals surface area (Å²) in [5.74, 6) is -0.197. The number of aliphatic hydroxyl groups is 1. The van der Waals surface area contributed by atoms with Gasteiger partial charge in [-0.25, -0.2) is 4.57 Å². The van der Waals surface area contributed by atoms with Gasteiger partial charge in [-0.1, -0.05) is 77.4 Å². The van der Waals surface area contributed by atoms with E-state index in [4.69, 9.17) is 9.05 Å². The Kier molecular flexibility index (Phi) is 18.1. The number of hydrogen-bond acceptors (Lipinski definition) is 5. The zero-order valence-corrected chi connectivity index (χ0v) is 22.5. The molecule has 9 heteroatoms. The molecule has 0 aliphatic carbocycles. The second-order valence-corrected chi connectivity index (χ2v) is 11.2. The number of carbonyl (C=O) groups is 1. The summed E-state index contributed by atoms with van der Waals surface area (Å²) in [5, 5.41) is 13.3. The molecule has 0 aliphatic heterocycles. The van der Waals surface area contributed by atoms with Gasteiger partial charge in [0.1, 0.15) is 13.2 Å². The second kappa shape index (κ2) is 18.6. The highest BCUT2D eigenvalue weighted by Gasteiger charge is 2.27. The Hall–Kier alpha value is -0.760. The normalized spacial score (nSPS) is 16.0. The molecule has 196 valence electrons. The minimum absolute atomic E-state index is 0.0615. The molecule has 0 saturated carbocycles. The zero-order chi connectivity index (χ0) is 25.2. The molecule has 1 amide bonds. The molecule has 0 fully saturated rings. The van der Waals surface area contributed by atoms with E-state index in [9.17, 15) is 19.4 Å². The van der Waals surface area contributed by atoms with Gasteiger partial charge < -0.3 is 19.8 Å². The summed E-state index contributed by atoms with van der Waals surface area (Å²) >= 11 is 0. The number of aliphatic hydroxyl groups excluding tert-OH is 1. The van der Waals surface area contributed by atoms with E-state index in [1.807, 2.05) is 27.2 Å². The number of phosphoric ester groups is 1. The molecule has 0 radical (unpaired) electrons. The largest absolute Gasteiger partial charge is 0.472 e. The molecule has 0 spiro atoms. The topological polar surface area (TPSA) is 105 Å². The third kappa shape index (κ3) is 20.3. The number of nitrogens with one attached hydrogen (secondary N) is 1. The standard InChI is InChI=1S/C24H49N2O6P/c1-6-8-10-12-13-14-16-18-24(28)25-22(23(27)17-15-11-9-7-2)21-32-33(29,30)31-20-19-26(3,4)5/h15,17,22-23,27H,6-14,16,18-21H2,1-5H3,(H-,25,28,29,30)/p+1/b17-15+. The maximum absolute atomic E-state index is 12.4. The van der Waals surface area contributed by atoms with Gasteiger partial charge in [-0.05, 0) is 12.8 Å². The monoisotopic (exact) mass is 493 g/mol. The van der Waals surface area contributed by atoms with E-state index in [0.29, 0.717) is 17.4 Å². The van der Waals surface area contributed by atoms with E-state index in [1.54, 1.807) is 6.08 Å². The number of nitrogens with zero attached hydrogens (tertiary/aromatic N) is 1. The highest BCUT2D eigenvalue weighted by molar-refractivity contribution is 7.47. The van der Waals surface area contributed by atoms with Crippen molar-refractivity contribution in [3.05, 3.63) is 12.2 Å². The fraction of sp³-hybridized carbons (Fsp3) is 0.875. The lowest BCUT2D eigenvalue weighted by Gasteiger charge is -2.25. The van der Waals surface area contributed by atoms with Crippen molar-refractivity contribution in [3.8, 4) is 0 Å². The number of carbonyl (C=O) groups excluding carboxylic acids is 1. The highest BCUT2D eigenvalue weighted by atomic mass is 31.2. The SMILES string of the molecule is CCCC/C=C/C(O)C(COP(=O)(O)OCC[N+](C)(C)C)NC(=O)CCCCCCCCC. The Labute approximate surface area is 201 Å². The minimum Gasteiger partial charge on any atom is -0.387 e. The minimum atomic E-state index is -4.29. The first-order chi connectivity index (χ1) is 15.5. The maximum Gasteiger partial charge on any atom is 0.472 e. The summed E-state index contributed by atoms with van der Waals surface area (Å²) in [6.07, 6.45) is 13.4. The van der Waals surface area contributed by atoms with Gasteiger partial charge in [0.25, 0.3) is 0 Å². The van der Waals surface area contributed by atoms with Crippen LogP contribution >= 0.6 is 7.82 Å². The van der Waals surface area contributed by atoms with Crippen molar-refractivity contribution in [1.82, 2.24) is 5.32 Å². The molecular formula is C24H50N2O6P+. The Morgan fingerprint density at radius 3 is 2.21 bits per heavy atom. The van der Waals surface area contributed by atoms with Gasteiger partial charge in [0.15, 0.2) is 0 Å². The quantitative estimate of drug-likeness (QED) is 0.0937. The fourth-order valence-corrected chi connectivity index (χ4v) is 3.82. The number of quaternary nitrogens is 1. The van der Waals surface area contributed by atoms with Crippen LogP contribution in [0.25, 0.3) is 0 Å². The van der Waals surface area contributed by atoms with Crippen LogP contribution in [0.5, 0.6) is 0 Å². The first-order valence-electron chi connectivity index (χ1n) is 12.6. The third-order valence-corrected chi connectivity index (χ3v) is 6.24. The van der Waals surface area contributed by atoms with Crippen molar-refractivity contribution in [3.63, 3.8) is 0 Å². The molecular weight excluding hydrogens is 443 g/mol. The van der Waals surface area contributed by atoms with Gasteiger partial charge in [-0.2, -0.15) is 0 Å². The van der Waals surface area contributed by atoms with Crippen molar-refractivity contribution in [2.45, 2.75) is 96.6 Å². The lowest BCUT2D eigenvalue weighted by Crippen LogP contribution is -2.45. The molecule has 0 aromatic carbocycles. The van der Waals surface area contributed by atoms with Crippen LogP contribution in [0.4, 0.5) is 0 Å². The first kappa shape index (κ1) is 32.2. The van der Waals surface area contributed by atoms with Gasteiger partial charge in [0.2, 0.25) is 5.91 Å². The van der Waals surface area contributed by atoms with Crippen LogP contribution in [-0.4, -0.2) is 73.4 Å². The van der Waals surface area contributed by atoms with Crippen LogP contribution in [0.3, 0.4) is 0 Å². The molecule has 3 N–H and O–H groups in total. The van der Waals surface area contributed by atoms with Crippen molar-refractivity contribution in [2.75, 3.05) is 40.9 Å². The molecule has 0 rings (SSSR count).